The normalized spacial score (nSPS) is 21.2. The van der Waals surface area contributed by atoms with Crippen molar-refractivity contribution in [2.45, 2.75) is 51.6 Å². The molecular formula is C14H20ClNO2. The highest BCUT2D eigenvalue weighted by molar-refractivity contribution is 6.33. The molecule has 1 fully saturated rings. The molecule has 2 unspecified atom stereocenters. The van der Waals surface area contributed by atoms with Crippen LogP contribution in [0.25, 0.3) is 0 Å². The van der Waals surface area contributed by atoms with E-state index in [1.54, 1.807) is 6.92 Å². The Kier molecular flexibility index (Phi) is 4.13. The monoisotopic (exact) mass is 269 g/mol. The third-order valence-electron chi connectivity index (χ3n) is 3.61. The lowest BCUT2D eigenvalue weighted by atomic mass is 10.1. The predicted molar refractivity (Wildman–Crippen MR) is 72.5 cm³/mol. The number of nitrogens with zero attached hydrogens (tertiary/aromatic N) is 1. The van der Waals surface area contributed by atoms with Gasteiger partial charge in [0.2, 0.25) is 0 Å². The molecule has 0 spiro atoms. The highest BCUT2D eigenvalue weighted by Gasteiger charge is 2.22. The maximum absolute atomic E-state index is 12.0. The third kappa shape index (κ3) is 2.62. The van der Waals surface area contributed by atoms with Gasteiger partial charge in [0, 0.05) is 30.1 Å². The number of alkyl halides is 1. The second kappa shape index (κ2) is 5.45. The molecule has 2 heterocycles. The summed E-state index contributed by atoms with van der Waals surface area (Å²) < 4.78 is 7.82. The minimum absolute atomic E-state index is 0.00311. The van der Waals surface area contributed by atoms with Crippen molar-refractivity contribution < 1.29 is 9.53 Å². The Morgan fingerprint density at radius 1 is 1.61 bits per heavy atom. The van der Waals surface area contributed by atoms with Gasteiger partial charge in [-0.1, -0.05) is 0 Å². The van der Waals surface area contributed by atoms with Crippen molar-refractivity contribution in [1.82, 2.24) is 4.57 Å². The summed E-state index contributed by atoms with van der Waals surface area (Å²) in [6, 6.07) is 1.94. The number of halogens is 1. The summed E-state index contributed by atoms with van der Waals surface area (Å²) in [5, 5.41) is -0.471. The Morgan fingerprint density at radius 2 is 2.33 bits per heavy atom. The molecule has 1 aliphatic heterocycles. The highest BCUT2D eigenvalue weighted by Crippen LogP contribution is 2.22. The molecule has 0 N–H and O–H groups in total. The van der Waals surface area contributed by atoms with Crippen molar-refractivity contribution >= 4 is 17.4 Å². The van der Waals surface area contributed by atoms with Crippen LogP contribution in [0.5, 0.6) is 0 Å². The van der Waals surface area contributed by atoms with Crippen LogP contribution in [0.4, 0.5) is 0 Å². The van der Waals surface area contributed by atoms with E-state index in [2.05, 4.69) is 4.57 Å². The molecule has 0 aliphatic carbocycles. The molecule has 2 rings (SSSR count). The van der Waals surface area contributed by atoms with Gasteiger partial charge in [0.05, 0.1) is 11.5 Å². The maximum atomic E-state index is 12.0. The number of carbonyl (C=O) groups excluding carboxylic acids is 1. The molecule has 100 valence electrons. The average molecular weight is 270 g/mol. The van der Waals surface area contributed by atoms with Gasteiger partial charge in [-0.05, 0) is 39.7 Å². The zero-order chi connectivity index (χ0) is 13.3. The van der Waals surface area contributed by atoms with Crippen molar-refractivity contribution in [1.29, 1.82) is 0 Å². The summed E-state index contributed by atoms with van der Waals surface area (Å²) >= 11 is 5.88. The quantitative estimate of drug-likeness (QED) is 0.621. The molecule has 4 heteroatoms. The molecule has 0 saturated carbocycles. The number of aromatic nitrogens is 1. The van der Waals surface area contributed by atoms with Crippen LogP contribution in [-0.2, 0) is 11.3 Å². The number of aryl methyl sites for hydroxylation is 1. The lowest BCUT2D eigenvalue weighted by Gasteiger charge is -2.14. The molecule has 1 aliphatic rings. The van der Waals surface area contributed by atoms with Gasteiger partial charge in [-0.3, -0.25) is 4.79 Å². The molecule has 2 atom stereocenters. The lowest BCUT2D eigenvalue weighted by Crippen LogP contribution is -2.18. The molecule has 0 bridgehead atoms. The van der Waals surface area contributed by atoms with Crippen molar-refractivity contribution in [3.63, 3.8) is 0 Å². The van der Waals surface area contributed by atoms with E-state index >= 15 is 0 Å². The minimum atomic E-state index is -0.471. The third-order valence-corrected chi connectivity index (χ3v) is 3.81. The van der Waals surface area contributed by atoms with Crippen LogP contribution in [0.15, 0.2) is 6.07 Å². The fourth-order valence-electron chi connectivity index (χ4n) is 2.54. The number of hydrogen-bond acceptors (Lipinski definition) is 2. The van der Waals surface area contributed by atoms with E-state index in [1.165, 1.54) is 0 Å². The summed E-state index contributed by atoms with van der Waals surface area (Å²) in [6.45, 7) is 7.41. The maximum Gasteiger partial charge on any atom is 0.182 e. The van der Waals surface area contributed by atoms with Crippen LogP contribution in [0, 0.1) is 13.8 Å². The van der Waals surface area contributed by atoms with Gasteiger partial charge in [-0.2, -0.15) is 0 Å². The summed E-state index contributed by atoms with van der Waals surface area (Å²) in [5.41, 5.74) is 2.84. The van der Waals surface area contributed by atoms with E-state index < -0.39 is 5.38 Å². The van der Waals surface area contributed by atoms with Crippen LogP contribution in [0.3, 0.4) is 0 Å². The largest absolute Gasteiger partial charge is 0.376 e. The first kappa shape index (κ1) is 13.6. The summed E-state index contributed by atoms with van der Waals surface area (Å²) in [7, 11) is 0. The Balaban J connectivity index is 2.23. The molecule has 1 aromatic rings. The van der Waals surface area contributed by atoms with Crippen molar-refractivity contribution in [3.8, 4) is 0 Å². The topological polar surface area (TPSA) is 31.2 Å². The number of ether oxygens (including phenoxy) is 1. The Bertz CT molecular complexity index is 445. The number of rotatable bonds is 4. The fourth-order valence-corrected chi connectivity index (χ4v) is 2.66. The molecule has 0 aromatic carbocycles. The van der Waals surface area contributed by atoms with E-state index in [9.17, 15) is 4.79 Å². The molecule has 0 amide bonds. The average Bonchev–Trinajstić information content (AvgIpc) is 2.91. The Morgan fingerprint density at radius 3 is 2.89 bits per heavy atom. The standard InChI is InChI=1S/C14H20ClNO2/c1-9-7-13(14(17)10(2)15)11(3)16(9)8-12-5-4-6-18-12/h7,10,12H,4-6,8H2,1-3H3. The van der Waals surface area contributed by atoms with Gasteiger partial charge in [-0.25, -0.2) is 0 Å². The van der Waals surface area contributed by atoms with Gasteiger partial charge < -0.3 is 9.30 Å². The zero-order valence-electron chi connectivity index (χ0n) is 11.2. The smallest absolute Gasteiger partial charge is 0.182 e. The van der Waals surface area contributed by atoms with Gasteiger partial charge in [0.1, 0.15) is 0 Å². The van der Waals surface area contributed by atoms with E-state index in [-0.39, 0.29) is 11.9 Å². The van der Waals surface area contributed by atoms with Crippen LogP contribution in [0.2, 0.25) is 0 Å². The zero-order valence-corrected chi connectivity index (χ0v) is 12.0. The van der Waals surface area contributed by atoms with E-state index in [0.29, 0.717) is 0 Å². The van der Waals surface area contributed by atoms with Gasteiger partial charge in [0.25, 0.3) is 0 Å². The number of hydrogen-bond donors (Lipinski definition) is 0. The molecule has 3 nitrogen and oxygen atoms in total. The van der Waals surface area contributed by atoms with E-state index in [0.717, 1.165) is 42.9 Å². The molecule has 1 aromatic heterocycles. The van der Waals surface area contributed by atoms with E-state index in [4.69, 9.17) is 16.3 Å². The van der Waals surface area contributed by atoms with Crippen molar-refractivity contribution in [2.24, 2.45) is 0 Å². The van der Waals surface area contributed by atoms with E-state index in [1.807, 2.05) is 19.9 Å². The number of carbonyl (C=O) groups is 1. The van der Waals surface area contributed by atoms with Crippen LogP contribution in [0.1, 0.15) is 41.5 Å². The van der Waals surface area contributed by atoms with Crippen molar-refractivity contribution in [2.75, 3.05) is 6.61 Å². The first-order valence-corrected chi connectivity index (χ1v) is 6.91. The summed E-state index contributed by atoms with van der Waals surface area (Å²) in [4.78, 5) is 12.0. The molecular weight excluding hydrogens is 250 g/mol. The van der Waals surface area contributed by atoms with Crippen LogP contribution < -0.4 is 0 Å². The fraction of sp³-hybridized carbons (Fsp3) is 0.643. The van der Waals surface area contributed by atoms with Crippen LogP contribution >= 0.6 is 11.6 Å². The number of Topliss-reactive ketones (excluding diaryl/α,β-unsaturated/α-hetero) is 1. The first-order valence-electron chi connectivity index (χ1n) is 6.47. The van der Waals surface area contributed by atoms with Crippen molar-refractivity contribution in [3.05, 3.63) is 23.0 Å². The molecule has 0 radical (unpaired) electrons. The second-order valence-corrected chi connectivity index (χ2v) is 5.67. The second-order valence-electron chi connectivity index (χ2n) is 5.01. The SMILES string of the molecule is Cc1cc(C(=O)C(C)Cl)c(C)n1CC1CCCO1. The van der Waals surface area contributed by atoms with Crippen LogP contribution in [-0.4, -0.2) is 28.4 Å². The number of ketones is 1. The Hall–Kier alpha value is -0.800. The lowest BCUT2D eigenvalue weighted by molar-refractivity contribution is 0.0954. The Labute approximate surface area is 113 Å². The van der Waals surface area contributed by atoms with Gasteiger partial charge in [0.15, 0.2) is 5.78 Å². The highest BCUT2D eigenvalue weighted by atomic mass is 35.5. The first-order chi connectivity index (χ1) is 8.50. The molecule has 1 saturated heterocycles. The predicted octanol–water partition coefficient (Wildman–Crippen LogP) is 3.09. The molecule has 18 heavy (non-hydrogen) atoms. The summed E-state index contributed by atoms with van der Waals surface area (Å²) in [6.07, 6.45) is 2.52. The summed E-state index contributed by atoms with van der Waals surface area (Å²) in [5.74, 6) is 0.00311. The van der Waals surface area contributed by atoms with Gasteiger partial charge in [-0.15, -0.1) is 11.6 Å². The van der Waals surface area contributed by atoms with Gasteiger partial charge >= 0.3 is 0 Å². The minimum Gasteiger partial charge on any atom is -0.376 e.